The number of aliphatic hydroxyl groups excluding tert-OH is 1. The Hall–Kier alpha value is -1.23. The maximum atomic E-state index is 9.96. The van der Waals surface area contributed by atoms with Crippen molar-refractivity contribution in [3.8, 4) is 5.75 Å². The third-order valence-corrected chi connectivity index (χ3v) is 3.89. The Morgan fingerprint density at radius 1 is 1.29 bits per heavy atom. The lowest BCUT2D eigenvalue weighted by atomic mass is 10.2. The van der Waals surface area contributed by atoms with E-state index in [0.717, 1.165) is 10.2 Å². The molecular weight excluding hydrogens is 354 g/mol. The van der Waals surface area contributed by atoms with Gasteiger partial charge in [0.2, 0.25) is 0 Å². The first-order chi connectivity index (χ1) is 10.1. The molecule has 2 N–H and O–H groups in total. The molecule has 1 atom stereocenters. The minimum Gasteiger partial charge on any atom is -0.489 e. The monoisotopic (exact) mass is 369 g/mol. The first-order valence-corrected chi connectivity index (χ1v) is 7.79. The second-order valence-electron chi connectivity index (χ2n) is 4.76. The summed E-state index contributed by atoms with van der Waals surface area (Å²) in [6.07, 6.45) is -0.630. The predicted molar refractivity (Wildman–Crippen MR) is 90.3 cm³/mol. The second kappa shape index (κ2) is 7.69. The van der Waals surface area contributed by atoms with Crippen LogP contribution in [-0.2, 0) is 0 Å². The minimum absolute atomic E-state index is 0.181. The van der Waals surface area contributed by atoms with Crippen molar-refractivity contribution < 1.29 is 9.84 Å². The van der Waals surface area contributed by atoms with Gasteiger partial charge in [0.05, 0.1) is 5.02 Å². The summed E-state index contributed by atoms with van der Waals surface area (Å²) in [5.74, 6) is 0.578. The van der Waals surface area contributed by atoms with Gasteiger partial charge in [-0.05, 0) is 52.7 Å². The molecule has 0 heterocycles. The van der Waals surface area contributed by atoms with Crippen molar-refractivity contribution in [1.82, 2.24) is 0 Å². The number of hydrogen-bond donors (Lipinski definition) is 2. The zero-order chi connectivity index (χ0) is 15.2. The summed E-state index contributed by atoms with van der Waals surface area (Å²) in [7, 11) is 0. The van der Waals surface area contributed by atoms with Crippen LogP contribution in [0, 0.1) is 6.92 Å². The number of nitrogens with one attached hydrogen (secondary N) is 1. The van der Waals surface area contributed by atoms with Gasteiger partial charge in [0.25, 0.3) is 0 Å². The fourth-order valence-corrected chi connectivity index (χ4v) is 2.62. The van der Waals surface area contributed by atoms with E-state index in [9.17, 15) is 5.11 Å². The number of halogens is 2. The number of benzene rings is 2. The van der Waals surface area contributed by atoms with E-state index < -0.39 is 6.10 Å². The molecule has 0 aromatic heterocycles. The molecule has 2 aromatic carbocycles. The third-order valence-electron chi connectivity index (χ3n) is 2.92. The molecule has 0 aliphatic heterocycles. The average Bonchev–Trinajstić information content (AvgIpc) is 2.45. The Bertz CT molecular complexity index is 607. The third kappa shape index (κ3) is 4.92. The molecule has 0 bridgehead atoms. The normalized spacial score (nSPS) is 12.0. The summed E-state index contributed by atoms with van der Waals surface area (Å²) in [6.45, 7) is 2.60. The van der Waals surface area contributed by atoms with Crippen molar-refractivity contribution in [1.29, 1.82) is 0 Å². The second-order valence-corrected chi connectivity index (χ2v) is 6.02. The zero-order valence-corrected chi connectivity index (χ0v) is 14.0. The standard InChI is InChI=1S/C16H17BrClNO2/c1-11-6-7-15(13(17)8-11)19-9-12(20)10-21-16-5-3-2-4-14(16)18/h2-8,12,19-20H,9-10H2,1H3. The van der Waals surface area contributed by atoms with Crippen molar-refractivity contribution in [2.45, 2.75) is 13.0 Å². The largest absolute Gasteiger partial charge is 0.489 e. The first-order valence-electron chi connectivity index (χ1n) is 6.61. The van der Waals surface area contributed by atoms with Gasteiger partial charge in [-0.15, -0.1) is 0 Å². The van der Waals surface area contributed by atoms with E-state index in [0.29, 0.717) is 17.3 Å². The van der Waals surface area contributed by atoms with Gasteiger partial charge in [0, 0.05) is 16.7 Å². The summed E-state index contributed by atoms with van der Waals surface area (Å²) in [4.78, 5) is 0. The zero-order valence-electron chi connectivity index (χ0n) is 11.6. The maximum Gasteiger partial charge on any atom is 0.138 e. The fourth-order valence-electron chi connectivity index (χ4n) is 1.80. The van der Waals surface area contributed by atoms with Gasteiger partial charge >= 0.3 is 0 Å². The molecule has 0 saturated carbocycles. The number of para-hydroxylation sites is 1. The van der Waals surface area contributed by atoms with E-state index in [1.807, 2.05) is 37.3 Å². The highest BCUT2D eigenvalue weighted by molar-refractivity contribution is 9.10. The van der Waals surface area contributed by atoms with Crippen LogP contribution in [0.5, 0.6) is 5.75 Å². The molecule has 0 aliphatic carbocycles. The SMILES string of the molecule is Cc1ccc(NCC(O)COc2ccccc2Cl)c(Br)c1. The lowest BCUT2D eigenvalue weighted by Gasteiger charge is -2.15. The smallest absolute Gasteiger partial charge is 0.138 e. The van der Waals surface area contributed by atoms with Gasteiger partial charge in [-0.25, -0.2) is 0 Å². The fraction of sp³-hybridized carbons (Fsp3) is 0.250. The number of ether oxygens (including phenoxy) is 1. The molecule has 21 heavy (non-hydrogen) atoms. The number of anilines is 1. The van der Waals surface area contributed by atoms with Crippen LogP contribution in [0.4, 0.5) is 5.69 Å². The molecule has 1 unspecified atom stereocenters. The summed E-state index contributed by atoms with van der Waals surface area (Å²) in [5.41, 5.74) is 2.12. The molecular formula is C16H17BrClNO2. The van der Waals surface area contributed by atoms with Gasteiger partial charge in [-0.1, -0.05) is 29.8 Å². The minimum atomic E-state index is -0.630. The van der Waals surface area contributed by atoms with Gasteiger partial charge in [-0.3, -0.25) is 0 Å². The molecule has 0 spiro atoms. The quantitative estimate of drug-likeness (QED) is 0.798. The van der Waals surface area contributed by atoms with E-state index in [-0.39, 0.29) is 6.61 Å². The summed E-state index contributed by atoms with van der Waals surface area (Å²) >= 11 is 9.48. The number of rotatable bonds is 6. The molecule has 5 heteroatoms. The van der Waals surface area contributed by atoms with Crippen LogP contribution in [-0.4, -0.2) is 24.4 Å². The molecule has 2 rings (SSSR count). The molecule has 0 fully saturated rings. The molecule has 0 aliphatic rings. The van der Waals surface area contributed by atoms with Gasteiger partial charge in [0.15, 0.2) is 0 Å². The number of hydrogen-bond acceptors (Lipinski definition) is 3. The highest BCUT2D eigenvalue weighted by Crippen LogP contribution is 2.24. The molecule has 3 nitrogen and oxygen atoms in total. The summed E-state index contributed by atoms with van der Waals surface area (Å²) in [5, 5.41) is 13.7. The van der Waals surface area contributed by atoms with Crippen LogP contribution < -0.4 is 10.1 Å². The van der Waals surface area contributed by atoms with E-state index in [2.05, 4.69) is 21.2 Å². The molecule has 2 aromatic rings. The Morgan fingerprint density at radius 3 is 2.76 bits per heavy atom. The van der Waals surface area contributed by atoms with E-state index in [4.69, 9.17) is 16.3 Å². The topological polar surface area (TPSA) is 41.5 Å². The Kier molecular flexibility index (Phi) is 5.91. The lowest BCUT2D eigenvalue weighted by molar-refractivity contribution is 0.117. The van der Waals surface area contributed by atoms with Crippen LogP contribution in [0.25, 0.3) is 0 Å². The first kappa shape index (κ1) is 16.1. The van der Waals surface area contributed by atoms with Crippen molar-refractivity contribution in [3.63, 3.8) is 0 Å². The lowest BCUT2D eigenvalue weighted by Crippen LogP contribution is -2.26. The highest BCUT2D eigenvalue weighted by Gasteiger charge is 2.08. The number of aliphatic hydroxyl groups is 1. The highest BCUT2D eigenvalue weighted by atomic mass is 79.9. The molecule has 0 amide bonds. The summed E-state index contributed by atoms with van der Waals surface area (Å²) in [6, 6.07) is 13.2. The maximum absolute atomic E-state index is 9.96. The average molecular weight is 371 g/mol. The number of aryl methyl sites for hydroxylation is 1. The van der Waals surface area contributed by atoms with Crippen LogP contribution in [0.2, 0.25) is 5.02 Å². The van der Waals surface area contributed by atoms with Gasteiger partial charge in [-0.2, -0.15) is 0 Å². The van der Waals surface area contributed by atoms with E-state index >= 15 is 0 Å². The molecule has 112 valence electrons. The van der Waals surface area contributed by atoms with E-state index in [1.54, 1.807) is 12.1 Å². The van der Waals surface area contributed by atoms with Crippen LogP contribution in [0.3, 0.4) is 0 Å². The van der Waals surface area contributed by atoms with Gasteiger partial charge < -0.3 is 15.2 Å². The van der Waals surface area contributed by atoms with Crippen LogP contribution in [0.1, 0.15) is 5.56 Å². The van der Waals surface area contributed by atoms with Crippen LogP contribution >= 0.6 is 27.5 Å². The van der Waals surface area contributed by atoms with Crippen molar-refractivity contribution in [2.75, 3.05) is 18.5 Å². The van der Waals surface area contributed by atoms with Crippen LogP contribution in [0.15, 0.2) is 46.9 Å². The summed E-state index contributed by atoms with van der Waals surface area (Å²) < 4.78 is 6.48. The Balaban J connectivity index is 1.82. The van der Waals surface area contributed by atoms with Crippen molar-refractivity contribution in [3.05, 3.63) is 57.5 Å². The Morgan fingerprint density at radius 2 is 2.05 bits per heavy atom. The van der Waals surface area contributed by atoms with Crippen molar-refractivity contribution in [2.24, 2.45) is 0 Å². The van der Waals surface area contributed by atoms with Gasteiger partial charge in [0.1, 0.15) is 18.5 Å². The molecule has 0 radical (unpaired) electrons. The van der Waals surface area contributed by atoms with Crippen molar-refractivity contribution >= 4 is 33.2 Å². The van der Waals surface area contributed by atoms with E-state index in [1.165, 1.54) is 5.56 Å². The molecule has 0 saturated heterocycles. The predicted octanol–water partition coefficient (Wildman–Crippen LogP) is 4.26. The Labute approximate surface area is 138 Å².